The van der Waals surface area contributed by atoms with Crippen LogP contribution >= 0.6 is 34.8 Å². The quantitative estimate of drug-likeness (QED) is 0.315. The number of carbonyl (C=O) groups is 1. The van der Waals surface area contributed by atoms with Gasteiger partial charge in [0.25, 0.3) is 5.91 Å². The van der Waals surface area contributed by atoms with Gasteiger partial charge in [0.2, 0.25) is 11.2 Å². The zero-order valence-electron chi connectivity index (χ0n) is 17.6. The Morgan fingerprint density at radius 2 is 1.64 bits per heavy atom. The summed E-state index contributed by atoms with van der Waals surface area (Å²) < 4.78 is 11.9. The number of halogens is 3. The lowest BCUT2D eigenvalue weighted by Crippen LogP contribution is -2.31. The lowest BCUT2D eigenvalue weighted by Gasteiger charge is -2.17. The lowest BCUT2D eigenvalue weighted by molar-refractivity contribution is -0.122. The number of ether oxygens (including phenoxy) is 1. The van der Waals surface area contributed by atoms with E-state index in [0.717, 1.165) is 5.56 Å². The van der Waals surface area contributed by atoms with Gasteiger partial charge in [0.15, 0.2) is 17.4 Å². The summed E-state index contributed by atoms with van der Waals surface area (Å²) in [6.45, 7) is 3.48. The zero-order valence-corrected chi connectivity index (χ0v) is 19.9. The van der Waals surface area contributed by atoms with Crippen LogP contribution in [0.2, 0.25) is 15.1 Å². The monoisotopic (exact) mass is 501 g/mol. The molecule has 0 aliphatic carbocycles. The molecule has 3 aromatic carbocycles. The van der Waals surface area contributed by atoms with E-state index in [2.05, 4.69) is 5.32 Å². The number of fused-ring (bicyclic) bond motifs is 1. The van der Waals surface area contributed by atoms with Crippen molar-refractivity contribution in [2.45, 2.75) is 20.0 Å². The summed E-state index contributed by atoms with van der Waals surface area (Å²) in [7, 11) is 0. The Hall–Kier alpha value is -2.99. The van der Waals surface area contributed by atoms with E-state index in [1.54, 1.807) is 43.3 Å². The first-order chi connectivity index (χ1) is 15.7. The molecule has 0 aliphatic rings. The minimum Gasteiger partial charge on any atom is -0.473 e. The normalized spacial score (nSPS) is 11.9. The summed E-state index contributed by atoms with van der Waals surface area (Å²) in [5.74, 6) is -0.387. The van der Waals surface area contributed by atoms with Crippen LogP contribution in [0.4, 0.5) is 5.69 Å². The van der Waals surface area contributed by atoms with Crippen LogP contribution in [0, 0.1) is 6.92 Å². The van der Waals surface area contributed by atoms with E-state index in [1.165, 1.54) is 12.1 Å². The first kappa shape index (κ1) is 23.2. The Morgan fingerprint density at radius 3 is 2.30 bits per heavy atom. The second-order valence-corrected chi connectivity index (χ2v) is 8.76. The van der Waals surface area contributed by atoms with Crippen molar-refractivity contribution in [1.29, 1.82) is 0 Å². The van der Waals surface area contributed by atoms with Crippen LogP contribution in [0.1, 0.15) is 12.5 Å². The molecule has 1 heterocycles. The molecule has 0 fully saturated rings. The van der Waals surface area contributed by atoms with Crippen molar-refractivity contribution in [2.24, 2.45) is 0 Å². The van der Waals surface area contributed by atoms with E-state index in [4.69, 9.17) is 44.0 Å². The highest BCUT2D eigenvalue weighted by atomic mass is 35.5. The smallest absolute Gasteiger partial charge is 0.265 e. The predicted octanol–water partition coefficient (Wildman–Crippen LogP) is 7.13. The molecular formula is C25H18Cl3NO4. The third-order valence-electron chi connectivity index (χ3n) is 4.96. The summed E-state index contributed by atoms with van der Waals surface area (Å²) in [5.41, 5.74) is 1.88. The Balaban J connectivity index is 1.77. The number of hydrogen-bond acceptors (Lipinski definition) is 4. The van der Waals surface area contributed by atoms with E-state index in [-0.39, 0.29) is 32.5 Å². The second kappa shape index (κ2) is 9.48. The van der Waals surface area contributed by atoms with Gasteiger partial charge in [-0.05, 0) is 50.2 Å². The Morgan fingerprint density at radius 1 is 0.970 bits per heavy atom. The molecule has 0 radical (unpaired) electrons. The summed E-state index contributed by atoms with van der Waals surface area (Å²) in [6.07, 6.45) is -1.01. The third kappa shape index (κ3) is 5.01. The number of aryl methyl sites for hydroxylation is 1. The second-order valence-electron chi connectivity index (χ2n) is 7.48. The van der Waals surface area contributed by atoms with Crippen molar-refractivity contribution in [1.82, 2.24) is 0 Å². The molecular weight excluding hydrogens is 485 g/mol. The van der Waals surface area contributed by atoms with Gasteiger partial charge in [-0.2, -0.15) is 0 Å². The van der Waals surface area contributed by atoms with Gasteiger partial charge in [0, 0.05) is 21.3 Å². The molecule has 0 saturated carbocycles. The van der Waals surface area contributed by atoms with Crippen LogP contribution in [0.25, 0.3) is 22.3 Å². The van der Waals surface area contributed by atoms with Gasteiger partial charge in [0.1, 0.15) is 0 Å². The highest BCUT2D eigenvalue weighted by Crippen LogP contribution is 2.35. The molecule has 1 unspecified atom stereocenters. The number of anilines is 1. The van der Waals surface area contributed by atoms with E-state index in [1.807, 2.05) is 19.1 Å². The summed E-state index contributed by atoms with van der Waals surface area (Å²) in [5, 5.41) is 3.91. The highest BCUT2D eigenvalue weighted by Gasteiger charge is 2.24. The van der Waals surface area contributed by atoms with Crippen LogP contribution in [0.3, 0.4) is 0 Å². The highest BCUT2D eigenvalue weighted by molar-refractivity contribution is 6.38. The van der Waals surface area contributed by atoms with Crippen molar-refractivity contribution in [3.05, 3.63) is 91.5 Å². The largest absolute Gasteiger partial charge is 0.473 e. The predicted molar refractivity (Wildman–Crippen MR) is 133 cm³/mol. The molecule has 0 spiro atoms. The van der Waals surface area contributed by atoms with Gasteiger partial charge in [0.05, 0.1) is 10.4 Å². The SMILES string of the molecule is Cc1ccc(-c2oc3c(Cl)cc(Cl)cc3c(=O)c2OC(C)C(=O)Nc2ccc(Cl)cc2)cc1. The van der Waals surface area contributed by atoms with E-state index < -0.39 is 17.4 Å². The fraction of sp³-hybridized carbons (Fsp3) is 0.120. The van der Waals surface area contributed by atoms with Gasteiger partial charge in [-0.15, -0.1) is 0 Å². The first-order valence-electron chi connectivity index (χ1n) is 9.99. The minimum absolute atomic E-state index is 0.108. The fourth-order valence-corrected chi connectivity index (χ4v) is 3.87. The van der Waals surface area contributed by atoms with Gasteiger partial charge in [-0.1, -0.05) is 64.6 Å². The summed E-state index contributed by atoms with van der Waals surface area (Å²) in [4.78, 5) is 26.1. The van der Waals surface area contributed by atoms with E-state index in [0.29, 0.717) is 16.3 Å². The number of amides is 1. The molecule has 168 valence electrons. The molecule has 0 saturated heterocycles. The molecule has 4 aromatic rings. The Labute approximate surface area is 204 Å². The average molecular weight is 503 g/mol. The maximum atomic E-state index is 13.4. The van der Waals surface area contributed by atoms with Crippen molar-refractivity contribution < 1.29 is 13.9 Å². The number of carbonyl (C=O) groups excluding carboxylic acids is 1. The molecule has 8 heteroatoms. The van der Waals surface area contributed by atoms with Crippen LogP contribution in [-0.2, 0) is 4.79 Å². The van der Waals surface area contributed by atoms with Gasteiger partial charge in [-0.25, -0.2) is 0 Å². The maximum absolute atomic E-state index is 13.4. The van der Waals surface area contributed by atoms with Crippen LogP contribution in [-0.4, -0.2) is 12.0 Å². The summed E-state index contributed by atoms with van der Waals surface area (Å²) >= 11 is 18.3. The van der Waals surface area contributed by atoms with Gasteiger partial charge in [-0.3, -0.25) is 9.59 Å². The fourth-order valence-electron chi connectivity index (χ4n) is 3.22. The van der Waals surface area contributed by atoms with Crippen molar-refractivity contribution in [3.8, 4) is 17.1 Å². The zero-order chi connectivity index (χ0) is 23.7. The molecule has 4 rings (SSSR count). The van der Waals surface area contributed by atoms with Crippen LogP contribution in [0.5, 0.6) is 5.75 Å². The summed E-state index contributed by atoms with van der Waals surface area (Å²) in [6, 6.07) is 17.0. The first-order valence-corrected chi connectivity index (χ1v) is 11.1. The molecule has 5 nitrogen and oxygen atoms in total. The Kier molecular flexibility index (Phi) is 6.66. The number of nitrogens with one attached hydrogen (secondary N) is 1. The van der Waals surface area contributed by atoms with Crippen LogP contribution in [0.15, 0.2) is 69.9 Å². The van der Waals surface area contributed by atoms with Crippen molar-refractivity contribution >= 4 is 57.4 Å². The molecule has 0 bridgehead atoms. The molecule has 1 N–H and O–H groups in total. The Bertz CT molecular complexity index is 1400. The number of benzene rings is 3. The lowest BCUT2D eigenvalue weighted by atomic mass is 10.1. The standard InChI is InChI=1S/C25H18Cl3NO4/c1-13-3-5-15(6-4-13)22-24(21(30)19-11-17(27)12-20(28)23(19)33-22)32-14(2)25(31)29-18-9-7-16(26)8-10-18/h3-12,14H,1-2H3,(H,29,31). The minimum atomic E-state index is -1.01. The molecule has 0 aliphatic heterocycles. The number of rotatable bonds is 5. The average Bonchev–Trinajstić information content (AvgIpc) is 2.78. The molecule has 33 heavy (non-hydrogen) atoms. The topological polar surface area (TPSA) is 68.5 Å². The van der Waals surface area contributed by atoms with Crippen molar-refractivity contribution in [2.75, 3.05) is 5.32 Å². The van der Waals surface area contributed by atoms with E-state index in [9.17, 15) is 9.59 Å². The van der Waals surface area contributed by atoms with Gasteiger partial charge < -0.3 is 14.5 Å². The molecule has 1 amide bonds. The van der Waals surface area contributed by atoms with Crippen LogP contribution < -0.4 is 15.5 Å². The maximum Gasteiger partial charge on any atom is 0.265 e. The number of hydrogen-bond donors (Lipinski definition) is 1. The van der Waals surface area contributed by atoms with E-state index >= 15 is 0 Å². The molecule has 1 atom stereocenters. The third-order valence-corrected chi connectivity index (χ3v) is 5.71. The van der Waals surface area contributed by atoms with Crippen molar-refractivity contribution in [3.63, 3.8) is 0 Å². The van der Waals surface area contributed by atoms with Gasteiger partial charge >= 0.3 is 0 Å². The molecule has 1 aromatic heterocycles.